The Morgan fingerprint density at radius 2 is 1.70 bits per heavy atom. The van der Waals surface area contributed by atoms with E-state index in [0.717, 1.165) is 43.1 Å². The van der Waals surface area contributed by atoms with Crippen LogP contribution in [0.2, 0.25) is 0 Å². The summed E-state index contributed by atoms with van der Waals surface area (Å²) in [5, 5.41) is 0. The lowest BCUT2D eigenvalue weighted by Crippen LogP contribution is -2.10. The molecule has 2 aromatic carbocycles. The number of nitrogens with zero attached hydrogens (tertiary/aromatic N) is 2. The lowest BCUT2D eigenvalue weighted by atomic mass is 9.87. The minimum atomic E-state index is 0.173. The lowest BCUT2D eigenvalue weighted by molar-refractivity contribution is 0.174. The summed E-state index contributed by atoms with van der Waals surface area (Å²) in [5.74, 6) is 1.92. The number of methoxy groups -OCH3 is 1. The fraction of sp³-hybridized carbons (Fsp3) is 0.435. The average molecular weight is 367 g/mol. The molecule has 3 aromatic rings. The molecule has 1 aromatic heterocycles. The zero-order valence-corrected chi connectivity index (χ0v) is 16.9. The average Bonchev–Trinajstić information content (AvgIpc) is 2.99. The van der Waals surface area contributed by atoms with Gasteiger partial charge in [0.05, 0.1) is 17.6 Å². The van der Waals surface area contributed by atoms with Crippen molar-refractivity contribution >= 4 is 11.0 Å². The van der Waals surface area contributed by atoms with Crippen LogP contribution in [0.1, 0.15) is 45.0 Å². The topological polar surface area (TPSA) is 36.3 Å². The van der Waals surface area contributed by atoms with E-state index in [2.05, 4.69) is 72.8 Å². The van der Waals surface area contributed by atoms with Gasteiger partial charge in [-0.1, -0.05) is 45.0 Å². The Morgan fingerprint density at radius 3 is 2.41 bits per heavy atom. The van der Waals surface area contributed by atoms with Gasteiger partial charge in [0.25, 0.3) is 0 Å². The molecule has 3 rings (SSSR count). The van der Waals surface area contributed by atoms with Gasteiger partial charge in [-0.15, -0.1) is 0 Å². The molecule has 4 heteroatoms. The van der Waals surface area contributed by atoms with Gasteiger partial charge in [-0.25, -0.2) is 4.98 Å². The zero-order chi connectivity index (χ0) is 19.3. The molecule has 0 aliphatic carbocycles. The van der Waals surface area contributed by atoms with Crippen molar-refractivity contribution in [1.82, 2.24) is 9.55 Å². The van der Waals surface area contributed by atoms with Gasteiger partial charge in [0, 0.05) is 13.7 Å². The van der Waals surface area contributed by atoms with Crippen LogP contribution in [0.4, 0.5) is 0 Å². The molecular weight excluding hydrogens is 336 g/mol. The highest BCUT2D eigenvalue weighted by atomic mass is 16.5. The molecule has 1 heterocycles. The highest BCUT2D eigenvalue weighted by Gasteiger charge is 2.13. The molecule has 0 fully saturated rings. The Hall–Kier alpha value is -2.33. The van der Waals surface area contributed by atoms with Gasteiger partial charge < -0.3 is 14.0 Å². The van der Waals surface area contributed by atoms with Crippen molar-refractivity contribution < 1.29 is 9.47 Å². The highest BCUT2D eigenvalue weighted by Crippen LogP contribution is 2.24. The second kappa shape index (κ2) is 8.57. The molecule has 0 bridgehead atoms. The molecule has 0 spiro atoms. The maximum Gasteiger partial charge on any atom is 0.135 e. The van der Waals surface area contributed by atoms with Crippen LogP contribution in [0.25, 0.3) is 11.0 Å². The van der Waals surface area contributed by atoms with Gasteiger partial charge in [0.2, 0.25) is 0 Å². The number of para-hydroxylation sites is 2. The molecular formula is C23H30N2O2. The number of aryl methyl sites for hydroxylation is 1. The van der Waals surface area contributed by atoms with Gasteiger partial charge in [-0.05, 0) is 48.1 Å². The molecule has 0 atom stereocenters. The van der Waals surface area contributed by atoms with Gasteiger partial charge in [-0.3, -0.25) is 0 Å². The van der Waals surface area contributed by atoms with Crippen LogP contribution < -0.4 is 4.74 Å². The number of benzene rings is 2. The van der Waals surface area contributed by atoms with Crippen molar-refractivity contribution in [3.8, 4) is 5.75 Å². The van der Waals surface area contributed by atoms with Crippen LogP contribution in [0, 0.1) is 0 Å². The second-order valence-electron chi connectivity index (χ2n) is 7.93. The minimum Gasteiger partial charge on any atom is -0.494 e. The summed E-state index contributed by atoms with van der Waals surface area (Å²) in [5.41, 5.74) is 3.70. The lowest BCUT2D eigenvalue weighted by Gasteiger charge is -2.19. The van der Waals surface area contributed by atoms with E-state index < -0.39 is 0 Å². The third kappa shape index (κ3) is 4.89. The molecule has 4 nitrogen and oxygen atoms in total. The molecule has 144 valence electrons. The van der Waals surface area contributed by atoms with Crippen molar-refractivity contribution in [2.75, 3.05) is 13.7 Å². The predicted octanol–water partition coefficient (Wildman–Crippen LogP) is 5.34. The van der Waals surface area contributed by atoms with E-state index in [1.807, 2.05) is 6.07 Å². The van der Waals surface area contributed by atoms with Gasteiger partial charge in [0.15, 0.2) is 0 Å². The van der Waals surface area contributed by atoms with Gasteiger partial charge >= 0.3 is 0 Å². The molecule has 0 N–H and O–H groups in total. The summed E-state index contributed by atoms with van der Waals surface area (Å²) in [6, 6.07) is 16.7. The van der Waals surface area contributed by atoms with E-state index in [1.165, 1.54) is 11.1 Å². The van der Waals surface area contributed by atoms with E-state index in [0.29, 0.717) is 6.61 Å². The van der Waals surface area contributed by atoms with Crippen molar-refractivity contribution in [3.63, 3.8) is 0 Å². The second-order valence-corrected chi connectivity index (χ2v) is 7.93. The summed E-state index contributed by atoms with van der Waals surface area (Å²) in [4.78, 5) is 4.68. The monoisotopic (exact) mass is 366 g/mol. The van der Waals surface area contributed by atoms with E-state index in [9.17, 15) is 0 Å². The molecule has 0 saturated carbocycles. The van der Waals surface area contributed by atoms with Crippen molar-refractivity contribution in [2.45, 2.75) is 52.2 Å². The molecule has 0 amide bonds. The number of unbranched alkanes of at least 4 members (excludes halogenated alkanes) is 1. The Balaban J connectivity index is 1.52. The summed E-state index contributed by atoms with van der Waals surface area (Å²) in [6.45, 7) is 8.85. The van der Waals surface area contributed by atoms with Crippen LogP contribution >= 0.6 is 0 Å². The molecule has 0 unspecified atom stereocenters. The van der Waals surface area contributed by atoms with E-state index in [1.54, 1.807) is 7.11 Å². The van der Waals surface area contributed by atoms with Crippen LogP contribution in [-0.4, -0.2) is 23.3 Å². The smallest absolute Gasteiger partial charge is 0.135 e. The van der Waals surface area contributed by atoms with Crippen LogP contribution in [-0.2, 0) is 23.3 Å². The minimum absolute atomic E-state index is 0.173. The van der Waals surface area contributed by atoms with Crippen LogP contribution in [0.15, 0.2) is 48.5 Å². The Labute approximate surface area is 162 Å². The normalized spacial score (nSPS) is 11.9. The van der Waals surface area contributed by atoms with Crippen molar-refractivity contribution in [2.24, 2.45) is 0 Å². The Morgan fingerprint density at radius 1 is 0.963 bits per heavy atom. The van der Waals surface area contributed by atoms with E-state index in [4.69, 9.17) is 9.47 Å². The summed E-state index contributed by atoms with van der Waals surface area (Å²) in [6.07, 6.45) is 2.04. The summed E-state index contributed by atoms with van der Waals surface area (Å²) < 4.78 is 13.5. The van der Waals surface area contributed by atoms with E-state index in [-0.39, 0.29) is 5.41 Å². The van der Waals surface area contributed by atoms with E-state index >= 15 is 0 Å². The zero-order valence-electron chi connectivity index (χ0n) is 16.9. The maximum atomic E-state index is 5.91. The van der Waals surface area contributed by atoms with Crippen LogP contribution in [0.5, 0.6) is 5.75 Å². The highest BCUT2D eigenvalue weighted by molar-refractivity contribution is 5.75. The number of fused-ring (bicyclic) bond motifs is 1. The first-order chi connectivity index (χ1) is 13.0. The fourth-order valence-corrected chi connectivity index (χ4v) is 3.23. The molecule has 0 aliphatic heterocycles. The number of imidazole rings is 1. The van der Waals surface area contributed by atoms with Crippen LogP contribution in [0.3, 0.4) is 0 Å². The third-order valence-electron chi connectivity index (χ3n) is 4.77. The first-order valence-corrected chi connectivity index (χ1v) is 9.65. The molecule has 0 saturated heterocycles. The SMILES string of the molecule is COCc1nc2ccccc2n1CCCCOc1ccc(C(C)(C)C)cc1. The Kier molecular flexibility index (Phi) is 6.17. The number of hydrogen-bond donors (Lipinski definition) is 0. The molecule has 0 aliphatic rings. The number of hydrogen-bond acceptors (Lipinski definition) is 3. The van der Waals surface area contributed by atoms with Gasteiger partial charge in [0.1, 0.15) is 18.2 Å². The molecule has 27 heavy (non-hydrogen) atoms. The molecule has 0 radical (unpaired) electrons. The first-order valence-electron chi connectivity index (χ1n) is 9.65. The summed E-state index contributed by atoms with van der Waals surface area (Å²) in [7, 11) is 1.71. The summed E-state index contributed by atoms with van der Waals surface area (Å²) >= 11 is 0. The fourth-order valence-electron chi connectivity index (χ4n) is 3.23. The quantitative estimate of drug-likeness (QED) is 0.505. The standard InChI is InChI=1S/C23H30N2O2/c1-23(2,3)18-11-13-19(14-12-18)27-16-8-7-15-25-21-10-6-5-9-20(21)24-22(25)17-26-4/h5-6,9-14H,7-8,15-17H2,1-4H3. The number of rotatable bonds is 8. The number of aromatic nitrogens is 2. The first kappa shape index (κ1) is 19.4. The Bertz CT molecular complexity index is 860. The largest absolute Gasteiger partial charge is 0.494 e. The van der Waals surface area contributed by atoms with Gasteiger partial charge in [-0.2, -0.15) is 0 Å². The number of ether oxygens (including phenoxy) is 2. The third-order valence-corrected chi connectivity index (χ3v) is 4.77. The van der Waals surface area contributed by atoms with Crippen molar-refractivity contribution in [1.29, 1.82) is 0 Å². The van der Waals surface area contributed by atoms with Crippen molar-refractivity contribution in [3.05, 3.63) is 59.9 Å². The maximum absolute atomic E-state index is 5.91. The predicted molar refractivity (Wildman–Crippen MR) is 110 cm³/mol.